The van der Waals surface area contributed by atoms with Crippen molar-refractivity contribution in [2.24, 2.45) is 5.92 Å². The molecule has 146 valence electrons. The molecule has 7 heteroatoms. The van der Waals surface area contributed by atoms with E-state index in [1.165, 1.54) is 6.07 Å². The standard InChI is InChI=1S/C20H26FN3OS2/c1-15-23-18(14-27-15)12-24-9-6-16(7-10-24)20(25)22-8-11-26-13-17-4-2-3-5-19(17)21/h2-5,14,16H,6-13H2,1H3,(H,22,25). The van der Waals surface area contributed by atoms with Gasteiger partial charge in [0.2, 0.25) is 5.91 Å². The van der Waals surface area contributed by atoms with Gasteiger partial charge in [0, 0.05) is 35.9 Å². The van der Waals surface area contributed by atoms with Crippen molar-refractivity contribution in [2.75, 3.05) is 25.4 Å². The number of aryl methyl sites for hydroxylation is 1. The molecule has 0 bridgehead atoms. The summed E-state index contributed by atoms with van der Waals surface area (Å²) in [4.78, 5) is 19.2. The molecule has 0 spiro atoms. The minimum Gasteiger partial charge on any atom is -0.355 e. The molecule has 1 aliphatic rings. The third-order valence-corrected chi connectivity index (χ3v) is 6.60. The predicted molar refractivity (Wildman–Crippen MR) is 110 cm³/mol. The van der Waals surface area contributed by atoms with Crippen molar-refractivity contribution < 1.29 is 9.18 Å². The summed E-state index contributed by atoms with van der Waals surface area (Å²) in [5.74, 6) is 1.54. The zero-order valence-corrected chi connectivity index (χ0v) is 17.3. The van der Waals surface area contributed by atoms with Crippen molar-refractivity contribution >= 4 is 29.0 Å². The van der Waals surface area contributed by atoms with Crippen molar-refractivity contribution in [1.29, 1.82) is 0 Å². The number of rotatable bonds is 8. The number of nitrogens with one attached hydrogen (secondary N) is 1. The molecule has 2 heterocycles. The van der Waals surface area contributed by atoms with Crippen molar-refractivity contribution in [3.63, 3.8) is 0 Å². The molecule has 3 rings (SSSR count). The molecule has 1 aromatic heterocycles. The van der Waals surface area contributed by atoms with Gasteiger partial charge < -0.3 is 5.32 Å². The minimum absolute atomic E-state index is 0.106. The summed E-state index contributed by atoms with van der Waals surface area (Å²) in [5.41, 5.74) is 1.85. The smallest absolute Gasteiger partial charge is 0.223 e. The highest BCUT2D eigenvalue weighted by molar-refractivity contribution is 7.98. The number of hydrogen-bond acceptors (Lipinski definition) is 5. The lowest BCUT2D eigenvalue weighted by Crippen LogP contribution is -2.40. The summed E-state index contributed by atoms with van der Waals surface area (Å²) in [6, 6.07) is 6.84. The lowest BCUT2D eigenvalue weighted by molar-refractivity contribution is -0.126. The molecule has 27 heavy (non-hydrogen) atoms. The topological polar surface area (TPSA) is 45.2 Å². The normalized spacial score (nSPS) is 15.8. The molecule has 0 aliphatic carbocycles. The van der Waals surface area contributed by atoms with Crippen LogP contribution in [0, 0.1) is 18.7 Å². The Balaban J connectivity index is 1.30. The zero-order chi connectivity index (χ0) is 19.1. The molecular weight excluding hydrogens is 381 g/mol. The maximum Gasteiger partial charge on any atom is 0.223 e. The average Bonchev–Trinajstić information content (AvgIpc) is 3.08. The van der Waals surface area contributed by atoms with Gasteiger partial charge in [0.1, 0.15) is 5.82 Å². The van der Waals surface area contributed by atoms with E-state index < -0.39 is 0 Å². The van der Waals surface area contributed by atoms with Crippen LogP contribution in [-0.4, -0.2) is 41.2 Å². The Kier molecular flexibility index (Phi) is 7.67. The molecule has 1 aliphatic heterocycles. The molecule has 1 amide bonds. The van der Waals surface area contributed by atoms with Gasteiger partial charge in [-0.2, -0.15) is 11.8 Å². The van der Waals surface area contributed by atoms with E-state index in [1.54, 1.807) is 29.2 Å². The highest BCUT2D eigenvalue weighted by atomic mass is 32.2. The van der Waals surface area contributed by atoms with Crippen LogP contribution < -0.4 is 5.32 Å². The number of thioether (sulfide) groups is 1. The number of thiazole rings is 1. The first-order valence-corrected chi connectivity index (χ1v) is 11.4. The van der Waals surface area contributed by atoms with E-state index in [-0.39, 0.29) is 17.6 Å². The quantitative estimate of drug-likeness (QED) is 0.675. The number of aromatic nitrogens is 1. The fourth-order valence-electron chi connectivity index (χ4n) is 3.25. The van der Waals surface area contributed by atoms with Gasteiger partial charge in [-0.15, -0.1) is 11.3 Å². The van der Waals surface area contributed by atoms with E-state index in [2.05, 4.69) is 20.6 Å². The van der Waals surface area contributed by atoms with Gasteiger partial charge in [0.05, 0.1) is 10.7 Å². The first-order valence-electron chi connectivity index (χ1n) is 9.34. The summed E-state index contributed by atoms with van der Waals surface area (Å²) < 4.78 is 13.5. The molecule has 4 nitrogen and oxygen atoms in total. The Labute approximate surface area is 168 Å². The second kappa shape index (κ2) is 10.2. The number of benzene rings is 1. The van der Waals surface area contributed by atoms with Crippen LogP contribution in [-0.2, 0) is 17.1 Å². The Morgan fingerprint density at radius 1 is 1.37 bits per heavy atom. The fraction of sp³-hybridized carbons (Fsp3) is 0.500. The summed E-state index contributed by atoms with van der Waals surface area (Å²) >= 11 is 3.33. The Bertz CT molecular complexity index is 744. The Hall–Kier alpha value is -1.44. The number of amides is 1. The fourth-order valence-corrected chi connectivity index (χ4v) is 4.70. The number of piperidine rings is 1. The largest absolute Gasteiger partial charge is 0.355 e. The molecule has 0 unspecified atom stereocenters. The van der Waals surface area contributed by atoms with E-state index in [9.17, 15) is 9.18 Å². The summed E-state index contributed by atoms with van der Waals surface area (Å²) in [6.07, 6.45) is 1.80. The lowest BCUT2D eigenvalue weighted by atomic mass is 9.96. The van der Waals surface area contributed by atoms with Gasteiger partial charge in [-0.05, 0) is 44.5 Å². The predicted octanol–water partition coefficient (Wildman–Crippen LogP) is 3.85. The summed E-state index contributed by atoms with van der Waals surface area (Å²) in [6.45, 7) is 5.42. The molecule has 0 saturated carbocycles. The van der Waals surface area contributed by atoms with Gasteiger partial charge in [-0.25, -0.2) is 9.37 Å². The van der Waals surface area contributed by atoms with Crippen LogP contribution in [0.5, 0.6) is 0 Å². The first-order chi connectivity index (χ1) is 13.1. The third kappa shape index (κ3) is 6.30. The van der Waals surface area contributed by atoms with Gasteiger partial charge in [0.25, 0.3) is 0 Å². The Morgan fingerprint density at radius 2 is 2.15 bits per heavy atom. The van der Waals surface area contributed by atoms with Gasteiger partial charge >= 0.3 is 0 Å². The summed E-state index contributed by atoms with van der Waals surface area (Å²) in [5, 5.41) is 6.26. The number of likely N-dealkylation sites (tertiary alicyclic amines) is 1. The molecule has 1 aromatic carbocycles. The van der Waals surface area contributed by atoms with Crippen molar-refractivity contribution in [1.82, 2.24) is 15.2 Å². The van der Waals surface area contributed by atoms with E-state index in [0.29, 0.717) is 12.3 Å². The van der Waals surface area contributed by atoms with E-state index in [1.807, 2.05) is 19.1 Å². The lowest BCUT2D eigenvalue weighted by Gasteiger charge is -2.30. The van der Waals surface area contributed by atoms with Crippen LogP contribution in [0.1, 0.15) is 29.1 Å². The van der Waals surface area contributed by atoms with E-state index >= 15 is 0 Å². The first kappa shape index (κ1) is 20.3. The maximum absolute atomic E-state index is 13.5. The van der Waals surface area contributed by atoms with Crippen LogP contribution in [0.4, 0.5) is 4.39 Å². The number of nitrogens with zero attached hydrogens (tertiary/aromatic N) is 2. The maximum atomic E-state index is 13.5. The summed E-state index contributed by atoms with van der Waals surface area (Å²) in [7, 11) is 0. The van der Waals surface area contributed by atoms with E-state index in [4.69, 9.17) is 0 Å². The van der Waals surface area contributed by atoms with Crippen LogP contribution >= 0.6 is 23.1 Å². The molecular formula is C20H26FN3OS2. The molecule has 0 atom stereocenters. The highest BCUT2D eigenvalue weighted by Gasteiger charge is 2.25. The second-order valence-corrected chi connectivity index (χ2v) is 9.01. The van der Waals surface area contributed by atoms with Crippen LogP contribution in [0.25, 0.3) is 0 Å². The molecule has 1 saturated heterocycles. The van der Waals surface area contributed by atoms with Crippen molar-refractivity contribution in [3.05, 3.63) is 51.7 Å². The van der Waals surface area contributed by atoms with Gasteiger partial charge in [0.15, 0.2) is 0 Å². The van der Waals surface area contributed by atoms with Gasteiger partial charge in [-0.3, -0.25) is 9.69 Å². The number of hydrogen-bond donors (Lipinski definition) is 1. The van der Waals surface area contributed by atoms with Crippen LogP contribution in [0.3, 0.4) is 0 Å². The van der Waals surface area contributed by atoms with E-state index in [0.717, 1.165) is 54.5 Å². The monoisotopic (exact) mass is 407 g/mol. The molecule has 0 radical (unpaired) electrons. The zero-order valence-electron chi connectivity index (χ0n) is 15.6. The van der Waals surface area contributed by atoms with Crippen molar-refractivity contribution in [3.8, 4) is 0 Å². The molecule has 1 fully saturated rings. The Morgan fingerprint density at radius 3 is 2.85 bits per heavy atom. The number of halogens is 1. The van der Waals surface area contributed by atoms with Gasteiger partial charge in [-0.1, -0.05) is 18.2 Å². The molecule has 1 N–H and O–H groups in total. The molecule has 2 aromatic rings. The number of carbonyl (C=O) groups excluding carboxylic acids is 1. The average molecular weight is 408 g/mol. The number of carbonyl (C=O) groups is 1. The highest BCUT2D eigenvalue weighted by Crippen LogP contribution is 2.20. The second-order valence-electron chi connectivity index (χ2n) is 6.84. The van der Waals surface area contributed by atoms with Crippen LogP contribution in [0.2, 0.25) is 0 Å². The third-order valence-electron chi connectivity index (χ3n) is 4.77. The van der Waals surface area contributed by atoms with Crippen LogP contribution in [0.15, 0.2) is 29.6 Å². The SMILES string of the molecule is Cc1nc(CN2CCC(C(=O)NCCSCc3ccccc3F)CC2)cs1. The minimum atomic E-state index is -0.159. The van der Waals surface area contributed by atoms with Crippen molar-refractivity contribution in [2.45, 2.75) is 32.1 Å².